The predicted molar refractivity (Wildman–Crippen MR) is 61.6 cm³/mol. The lowest BCUT2D eigenvalue weighted by Crippen LogP contribution is -2.34. The lowest BCUT2D eigenvalue weighted by molar-refractivity contribution is -0.115. The Morgan fingerprint density at radius 1 is 1.38 bits per heavy atom. The molecule has 1 atom stereocenters. The zero-order valence-electron chi connectivity index (χ0n) is 8.79. The van der Waals surface area contributed by atoms with Crippen molar-refractivity contribution in [1.29, 1.82) is 0 Å². The van der Waals surface area contributed by atoms with Gasteiger partial charge in [0.25, 0.3) is 5.91 Å². The molecule has 0 spiro atoms. The fourth-order valence-corrected chi connectivity index (χ4v) is 2.50. The van der Waals surface area contributed by atoms with Crippen molar-refractivity contribution in [2.24, 2.45) is 5.73 Å². The maximum absolute atomic E-state index is 11.3. The molecule has 1 aromatic rings. The molecule has 0 aromatic heterocycles. The second-order valence-electron chi connectivity index (χ2n) is 4.13. The summed E-state index contributed by atoms with van der Waals surface area (Å²) in [5, 5.41) is 6.35. The van der Waals surface area contributed by atoms with Crippen LogP contribution in [0.3, 0.4) is 0 Å². The molecule has 0 saturated heterocycles. The van der Waals surface area contributed by atoms with Crippen molar-refractivity contribution >= 4 is 11.6 Å². The molecule has 0 aliphatic carbocycles. The van der Waals surface area contributed by atoms with Gasteiger partial charge in [0.2, 0.25) is 0 Å². The molecule has 1 aromatic carbocycles. The molecule has 4 N–H and O–H groups in total. The molecular formula is C12H13N3O. The van der Waals surface area contributed by atoms with E-state index in [0.717, 1.165) is 24.4 Å². The molecule has 0 saturated carbocycles. The smallest absolute Gasteiger partial charge is 0.266 e. The number of benzene rings is 1. The van der Waals surface area contributed by atoms with Gasteiger partial charge < -0.3 is 16.4 Å². The highest BCUT2D eigenvalue weighted by Gasteiger charge is 2.33. The number of para-hydroxylation sites is 1. The Labute approximate surface area is 93.5 Å². The Bertz CT molecular complexity index is 493. The third kappa shape index (κ3) is 1.19. The standard InChI is InChI=1S/C12H13N3O/c13-12(16)11-10-8(5-6-14-11)7-3-1-2-4-9(7)15-10/h1-4,8,14-15H,5-6H2,(H2,13,16). The predicted octanol–water partition coefficient (Wildman–Crippen LogP) is 0.886. The van der Waals surface area contributed by atoms with E-state index in [0.29, 0.717) is 11.6 Å². The van der Waals surface area contributed by atoms with E-state index in [9.17, 15) is 4.79 Å². The first-order valence-corrected chi connectivity index (χ1v) is 5.41. The highest BCUT2D eigenvalue weighted by Crippen LogP contribution is 2.42. The van der Waals surface area contributed by atoms with Crippen LogP contribution in [0.1, 0.15) is 17.9 Å². The van der Waals surface area contributed by atoms with Crippen molar-refractivity contribution in [1.82, 2.24) is 5.32 Å². The quantitative estimate of drug-likeness (QED) is 0.651. The van der Waals surface area contributed by atoms with Gasteiger partial charge >= 0.3 is 0 Å². The summed E-state index contributed by atoms with van der Waals surface area (Å²) in [4.78, 5) is 11.3. The number of nitrogens with one attached hydrogen (secondary N) is 2. The Balaban J connectivity index is 2.13. The van der Waals surface area contributed by atoms with Crippen LogP contribution in [0.4, 0.5) is 5.69 Å². The topological polar surface area (TPSA) is 67.2 Å². The Hall–Kier alpha value is -1.97. The molecule has 4 heteroatoms. The average Bonchev–Trinajstić information content (AvgIpc) is 2.67. The largest absolute Gasteiger partial charge is 0.379 e. The SMILES string of the molecule is NC(=O)C1=C2Nc3ccccc3C2CCN1. The normalized spacial score (nSPS) is 21.9. The second kappa shape index (κ2) is 3.27. The van der Waals surface area contributed by atoms with Crippen LogP contribution in [-0.4, -0.2) is 12.5 Å². The number of rotatable bonds is 1. The monoisotopic (exact) mass is 215 g/mol. The number of hydrogen-bond acceptors (Lipinski definition) is 3. The minimum atomic E-state index is -0.389. The summed E-state index contributed by atoms with van der Waals surface area (Å²) in [5.74, 6) is -0.0973. The van der Waals surface area contributed by atoms with E-state index in [-0.39, 0.29) is 5.91 Å². The van der Waals surface area contributed by atoms with Gasteiger partial charge in [-0.1, -0.05) is 18.2 Å². The molecule has 4 nitrogen and oxygen atoms in total. The Morgan fingerprint density at radius 2 is 2.19 bits per heavy atom. The fourth-order valence-electron chi connectivity index (χ4n) is 2.50. The maximum atomic E-state index is 11.3. The van der Waals surface area contributed by atoms with Crippen LogP contribution in [0.5, 0.6) is 0 Å². The molecule has 1 amide bonds. The minimum absolute atomic E-state index is 0.292. The first-order chi connectivity index (χ1) is 7.77. The number of anilines is 1. The van der Waals surface area contributed by atoms with Gasteiger partial charge in [0.1, 0.15) is 5.70 Å². The minimum Gasteiger partial charge on any atom is -0.379 e. The van der Waals surface area contributed by atoms with E-state index >= 15 is 0 Å². The number of amides is 1. The van der Waals surface area contributed by atoms with Crippen LogP contribution >= 0.6 is 0 Å². The van der Waals surface area contributed by atoms with E-state index in [1.807, 2.05) is 18.2 Å². The van der Waals surface area contributed by atoms with Gasteiger partial charge in [-0.3, -0.25) is 4.79 Å². The van der Waals surface area contributed by atoms with E-state index in [1.54, 1.807) is 0 Å². The van der Waals surface area contributed by atoms with Crippen molar-refractivity contribution in [3.05, 3.63) is 41.2 Å². The second-order valence-corrected chi connectivity index (χ2v) is 4.13. The number of nitrogens with two attached hydrogens (primary N) is 1. The lowest BCUT2D eigenvalue weighted by atomic mass is 9.92. The van der Waals surface area contributed by atoms with Crippen molar-refractivity contribution in [3.63, 3.8) is 0 Å². The van der Waals surface area contributed by atoms with Crippen LogP contribution in [0.15, 0.2) is 35.7 Å². The van der Waals surface area contributed by atoms with Crippen molar-refractivity contribution in [2.75, 3.05) is 11.9 Å². The summed E-state index contributed by atoms with van der Waals surface area (Å²) in [7, 11) is 0. The molecule has 2 aliphatic heterocycles. The molecule has 1 unspecified atom stereocenters. The molecule has 16 heavy (non-hydrogen) atoms. The number of primary amides is 1. The highest BCUT2D eigenvalue weighted by atomic mass is 16.1. The van der Waals surface area contributed by atoms with E-state index in [1.165, 1.54) is 5.56 Å². The average molecular weight is 215 g/mol. The maximum Gasteiger partial charge on any atom is 0.266 e. The number of carbonyl (C=O) groups is 1. The lowest BCUT2D eigenvalue weighted by Gasteiger charge is -2.23. The summed E-state index contributed by atoms with van der Waals surface area (Å²) in [5.41, 5.74) is 9.17. The molecule has 2 aliphatic rings. The van der Waals surface area contributed by atoms with Gasteiger partial charge in [0, 0.05) is 18.2 Å². The van der Waals surface area contributed by atoms with E-state index in [4.69, 9.17) is 5.73 Å². The molecule has 0 fully saturated rings. The zero-order chi connectivity index (χ0) is 11.1. The van der Waals surface area contributed by atoms with Crippen molar-refractivity contribution < 1.29 is 4.79 Å². The van der Waals surface area contributed by atoms with Gasteiger partial charge in [-0.2, -0.15) is 0 Å². The number of carbonyl (C=O) groups excluding carboxylic acids is 1. The van der Waals surface area contributed by atoms with Gasteiger partial charge in [0.05, 0.1) is 5.70 Å². The third-order valence-electron chi connectivity index (χ3n) is 3.20. The van der Waals surface area contributed by atoms with Crippen molar-refractivity contribution in [2.45, 2.75) is 12.3 Å². The number of hydrogen-bond donors (Lipinski definition) is 3. The number of fused-ring (bicyclic) bond motifs is 3. The molecule has 82 valence electrons. The summed E-state index contributed by atoms with van der Waals surface area (Å²) >= 11 is 0. The van der Waals surface area contributed by atoms with Gasteiger partial charge in [-0.25, -0.2) is 0 Å². The first kappa shape index (κ1) is 9.27. The van der Waals surface area contributed by atoms with Crippen LogP contribution in [0, 0.1) is 0 Å². The Morgan fingerprint density at radius 3 is 3.00 bits per heavy atom. The molecule has 0 radical (unpaired) electrons. The zero-order valence-corrected chi connectivity index (χ0v) is 8.79. The van der Waals surface area contributed by atoms with Crippen LogP contribution < -0.4 is 16.4 Å². The molecule has 2 heterocycles. The summed E-state index contributed by atoms with van der Waals surface area (Å²) in [6, 6.07) is 8.14. The molecule has 0 bridgehead atoms. The number of allylic oxidation sites excluding steroid dienone is 1. The third-order valence-corrected chi connectivity index (χ3v) is 3.20. The summed E-state index contributed by atoms with van der Waals surface area (Å²) in [6.07, 6.45) is 0.996. The van der Waals surface area contributed by atoms with Crippen LogP contribution in [0.2, 0.25) is 0 Å². The van der Waals surface area contributed by atoms with Crippen LogP contribution in [0.25, 0.3) is 0 Å². The summed E-state index contributed by atoms with van der Waals surface area (Å²) < 4.78 is 0. The van der Waals surface area contributed by atoms with Crippen LogP contribution in [-0.2, 0) is 4.79 Å². The Kier molecular flexibility index (Phi) is 1.89. The fraction of sp³-hybridized carbons (Fsp3) is 0.250. The van der Waals surface area contributed by atoms with Crippen molar-refractivity contribution in [3.8, 4) is 0 Å². The van der Waals surface area contributed by atoms with E-state index < -0.39 is 0 Å². The molecular weight excluding hydrogens is 202 g/mol. The first-order valence-electron chi connectivity index (χ1n) is 5.41. The molecule has 3 rings (SSSR count). The summed E-state index contributed by atoms with van der Waals surface area (Å²) in [6.45, 7) is 0.794. The highest BCUT2D eigenvalue weighted by molar-refractivity contribution is 5.94. The van der Waals surface area contributed by atoms with Gasteiger partial charge in [-0.15, -0.1) is 0 Å². The van der Waals surface area contributed by atoms with Gasteiger partial charge in [-0.05, 0) is 18.1 Å². The van der Waals surface area contributed by atoms with Gasteiger partial charge in [0.15, 0.2) is 0 Å². The van der Waals surface area contributed by atoms with E-state index in [2.05, 4.69) is 16.7 Å².